The molecule has 1 saturated heterocycles. The van der Waals surface area contributed by atoms with E-state index in [0.29, 0.717) is 44.3 Å². The van der Waals surface area contributed by atoms with Crippen LogP contribution in [0.3, 0.4) is 0 Å². The molecule has 0 saturated carbocycles. The van der Waals surface area contributed by atoms with Gasteiger partial charge >= 0.3 is 0 Å². The molecule has 9 nitrogen and oxygen atoms in total. The largest absolute Gasteiger partial charge is 0.493 e. The molecule has 0 amide bonds. The van der Waals surface area contributed by atoms with Crippen molar-refractivity contribution in [3.8, 4) is 11.5 Å². The molecule has 0 bridgehead atoms. The summed E-state index contributed by atoms with van der Waals surface area (Å²) in [6.45, 7) is 6.93. The van der Waals surface area contributed by atoms with Crippen LogP contribution in [0.1, 0.15) is 17.0 Å². The third-order valence-corrected chi connectivity index (χ3v) is 4.88. The fourth-order valence-corrected chi connectivity index (χ4v) is 3.32. The zero-order valence-electron chi connectivity index (χ0n) is 17.3. The predicted octanol–water partition coefficient (Wildman–Crippen LogP) is 1.09. The number of aromatic nitrogens is 2. The molecule has 1 aliphatic rings. The lowest BCUT2D eigenvalue weighted by Crippen LogP contribution is -2.42. The minimum Gasteiger partial charge on any atom is -0.493 e. The summed E-state index contributed by atoms with van der Waals surface area (Å²) in [7, 11) is 3.61. The van der Waals surface area contributed by atoms with Gasteiger partial charge in [-0.25, -0.2) is 4.63 Å². The van der Waals surface area contributed by atoms with Gasteiger partial charge in [0.25, 0.3) is 0 Å². The van der Waals surface area contributed by atoms with Crippen molar-refractivity contribution in [1.29, 1.82) is 0 Å². The molecule has 1 N–H and O–H groups in total. The highest BCUT2D eigenvalue weighted by atomic mass is 16.6. The number of hydrogen-bond acceptors (Lipinski definition) is 9. The number of aliphatic hydroxyl groups is 1. The van der Waals surface area contributed by atoms with E-state index in [0.717, 1.165) is 30.0 Å². The summed E-state index contributed by atoms with van der Waals surface area (Å²) in [6.07, 6.45) is -0.590. The van der Waals surface area contributed by atoms with Gasteiger partial charge in [-0.2, -0.15) is 0 Å². The molecule has 1 aromatic heterocycles. The van der Waals surface area contributed by atoms with Crippen LogP contribution >= 0.6 is 0 Å². The summed E-state index contributed by atoms with van der Waals surface area (Å²) in [5.74, 6) is 1.30. The zero-order valence-corrected chi connectivity index (χ0v) is 17.3. The van der Waals surface area contributed by atoms with Gasteiger partial charge < -0.3 is 19.3 Å². The standard InChI is InChI=1S/C20H30N4O5/c1-15-18(22-29-21-15)13-23(2)11-16-5-4-6-19(26-3)20(16)28-14-17(25)12-24-7-9-27-10-8-24/h4-6,17,25H,7-14H2,1-3H3/t17-/m0/s1. The number of morpholine rings is 1. The van der Waals surface area contributed by atoms with Crippen molar-refractivity contribution in [2.24, 2.45) is 0 Å². The van der Waals surface area contributed by atoms with Gasteiger partial charge in [-0.1, -0.05) is 22.4 Å². The van der Waals surface area contributed by atoms with Crippen LogP contribution in [0.15, 0.2) is 22.8 Å². The molecule has 2 heterocycles. The Morgan fingerprint density at radius 1 is 1.24 bits per heavy atom. The maximum atomic E-state index is 10.4. The molecule has 1 fully saturated rings. The minimum atomic E-state index is -0.590. The molecule has 0 spiro atoms. The van der Waals surface area contributed by atoms with Crippen LogP contribution in [0, 0.1) is 6.92 Å². The van der Waals surface area contributed by atoms with E-state index in [1.165, 1.54) is 0 Å². The van der Waals surface area contributed by atoms with E-state index < -0.39 is 6.10 Å². The second kappa shape index (κ2) is 10.5. The van der Waals surface area contributed by atoms with Crippen molar-refractivity contribution in [3.05, 3.63) is 35.2 Å². The van der Waals surface area contributed by atoms with E-state index in [1.54, 1.807) is 7.11 Å². The lowest BCUT2D eigenvalue weighted by Gasteiger charge is -2.28. The molecule has 3 rings (SSSR count). The Balaban J connectivity index is 1.61. The van der Waals surface area contributed by atoms with Crippen LogP contribution in [0.2, 0.25) is 0 Å². The number of para-hydroxylation sites is 1. The van der Waals surface area contributed by atoms with Gasteiger partial charge in [-0.15, -0.1) is 0 Å². The highest BCUT2D eigenvalue weighted by Crippen LogP contribution is 2.32. The van der Waals surface area contributed by atoms with E-state index in [-0.39, 0.29) is 6.61 Å². The minimum absolute atomic E-state index is 0.195. The third kappa shape index (κ3) is 6.14. The van der Waals surface area contributed by atoms with Crippen molar-refractivity contribution < 1.29 is 23.9 Å². The maximum absolute atomic E-state index is 10.4. The first-order valence-electron chi connectivity index (χ1n) is 9.80. The van der Waals surface area contributed by atoms with E-state index in [2.05, 4.69) is 20.1 Å². The highest BCUT2D eigenvalue weighted by Gasteiger charge is 2.18. The summed E-state index contributed by atoms with van der Waals surface area (Å²) in [6, 6.07) is 5.79. The fraction of sp³-hybridized carbons (Fsp3) is 0.600. The molecule has 0 unspecified atom stereocenters. The van der Waals surface area contributed by atoms with Crippen LogP contribution in [0.25, 0.3) is 0 Å². The first kappa shape index (κ1) is 21.5. The van der Waals surface area contributed by atoms with E-state index in [1.807, 2.05) is 32.2 Å². The second-order valence-electron chi connectivity index (χ2n) is 7.29. The lowest BCUT2D eigenvalue weighted by atomic mass is 10.1. The summed E-state index contributed by atoms with van der Waals surface area (Å²) in [5, 5.41) is 18.2. The number of ether oxygens (including phenoxy) is 3. The monoisotopic (exact) mass is 406 g/mol. The average Bonchev–Trinajstić information content (AvgIpc) is 3.11. The van der Waals surface area contributed by atoms with Crippen molar-refractivity contribution in [1.82, 2.24) is 20.1 Å². The fourth-order valence-electron chi connectivity index (χ4n) is 3.32. The summed E-state index contributed by atoms with van der Waals surface area (Å²) >= 11 is 0. The molecule has 2 aromatic rings. The third-order valence-electron chi connectivity index (χ3n) is 4.88. The Morgan fingerprint density at radius 3 is 2.72 bits per heavy atom. The number of aliphatic hydroxyl groups excluding tert-OH is 1. The Morgan fingerprint density at radius 2 is 2.03 bits per heavy atom. The molecule has 1 aliphatic heterocycles. The zero-order chi connectivity index (χ0) is 20.6. The van der Waals surface area contributed by atoms with Crippen LogP contribution in [0.4, 0.5) is 0 Å². The van der Waals surface area contributed by atoms with Crippen molar-refractivity contribution in [2.75, 3.05) is 53.6 Å². The number of methoxy groups -OCH3 is 1. The van der Waals surface area contributed by atoms with Gasteiger partial charge in [0.15, 0.2) is 11.5 Å². The lowest BCUT2D eigenvalue weighted by molar-refractivity contribution is 0.00431. The topological polar surface area (TPSA) is 93.3 Å². The van der Waals surface area contributed by atoms with Crippen molar-refractivity contribution >= 4 is 0 Å². The quantitative estimate of drug-likeness (QED) is 0.622. The normalized spacial score (nSPS) is 16.2. The molecule has 1 atom stereocenters. The van der Waals surface area contributed by atoms with Gasteiger partial charge in [0, 0.05) is 38.3 Å². The number of aryl methyl sites for hydroxylation is 1. The number of benzene rings is 1. The smallest absolute Gasteiger partial charge is 0.165 e. The molecule has 0 radical (unpaired) electrons. The van der Waals surface area contributed by atoms with Crippen LogP contribution in [-0.4, -0.2) is 84.9 Å². The highest BCUT2D eigenvalue weighted by molar-refractivity contribution is 5.46. The first-order valence-corrected chi connectivity index (χ1v) is 9.80. The van der Waals surface area contributed by atoms with Gasteiger partial charge in [-0.05, 0) is 20.0 Å². The maximum Gasteiger partial charge on any atom is 0.165 e. The summed E-state index contributed by atoms with van der Waals surface area (Å²) < 4.78 is 21.6. The summed E-state index contributed by atoms with van der Waals surface area (Å²) in [5.41, 5.74) is 2.56. The van der Waals surface area contributed by atoms with E-state index >= 15 is 0 Å². The number of hydrogen-bond donors (Lipinski definition) is 1. The van der Waals surface area contributed by atoms with Crippen molar-refractivity contribution in [3.63, 3.8) is 0 Å². The Kier molecular flexibility index (Phi) is 7.82. The van der Waals surface area contributed by atoms with Crippen LogP contribution in [-0.2, 0) is 17.8 Å². The second-order valence-corrected chi connectivity index (χ2v) is 7.29. The molecule has 29 heavy (non-hydrogen) atoms. The van der Waals surface area contributed by atoms with Gasteiger partial charge in [0.2, 0.25) is 0 Å². The molecule has 0 aliphatic carbocycles. The molecule has 1 aromatic carbocycles. The molecular weight excluding hydrogens is 376 g/mol. The van der Waals surface area contributed by atoms with Crippen LogP contribution in [0.5, 0.6) is 11.5 Å². The Bertz CT molecular complexity index is 763. The first-order chi connectivity index (χ1) is 14.1. The molecule has 160 valence electrons. The predicted molar refractivity (Wildman–Crippen MR) is 106 cm³/mol. The Labute approximate surface area is 171 Å². The molecular formula is C20H30N4O5. The number of β-amino-alcohol motifs (C(OH)–C–C–N with tert-alkyl or cyclic N) is 1. The molecule has 9 heteroatoms. The summed E-state index contributed by atoms with van der Waals surface area (Å²) in [4.78, 5) is 4.28. The average molecular weight is 406 g/mol. The Hall–Kier alpha value is -2.20. The van der Waals surface area contributed by atoms with Gasteiger partial charge in [0.05, 0.1) is 20.3 Å². The SMILES string of the molecule is COc1cccc(CN(C)Cc2nonc2C)c1OC[C@@H](O)CN1CCOCC1. The van der Waals surface area contributed by atoms with Crippen LogP contribution < -0.4 is 9.47 Å². The van der Waals surface area contributed by atoms with Crippen molar-refractivity contribution in [2.45, 2.75) is 26.1 Å². The van der Waals surface area contributed by atoms with E-state index in [9.17, 15) is 5.11 Å². The van der Waals surface area contributed by atoms with E-state index in [4.69, 9.17) is 18.8 Å². The number of nitrogens with zero attached hydrogens (tertiary/aromatic N) is 4. The van der Waals surface area contributed by atoms with Gasteiger partial charge in [0.1, 0.15) is 24.1 Å². The van der Waals surface area contributed by atoms with Gasteiger partial charge in [-0.3, -0.25) is 9.80 Å². The number of rotatable bonds is 10.